The Hall–Kier alpha value is -0.940. The van der Waals surface area contributed by atoms with E-state index in [0.717, 1.165) is 31.7 Å². The normalized spacial score (nSPS) is 29.7. The van der Waals surface area contributed by atoms with Crippen LogP contribution in [-0.2, 0) is 6.18 Å². The zero-order valence-corrected chi connectivity index (χ0v) is 12.4. The van der Waals surface area contributed by atoms with Crippen LogP contribution in [0.15, 0.2) is 18.2 Å². The third-order valence-corrected chi connectivity index (χ3v) is 4.93. The van der Waals surface area contributed by atoms with Crippen molar-refractivity contribution in [1.82, 2.24) is 4.90 Å². The highest BCUT2D eigenvalue weighted by atomic mass is 35.5. The minimum Gasteiger partial charge on any atom is -0.490 e. The number of benzene rings is 1. The van der Waals surface area contributed by atoms with Gasteiger partial charge >= 0.3 is 6.18 Å². The van der Waals surface area contributed by atoms with Crippen molar-refractivity contribution in [2.45, 2.75) is 50.0 Å². The van der Waals surface area contributed by atoms with Crippen LogP contribution >= 0.6 is 11.6 Å². The van der Waals surface area contributed by atoms with Crippen molar-refractivity contribution in [3.8, 4) is 5.75 Å². The van der Waals surface area contributed by atoms with E-state index >= 15 is 0 Å². The smallest absolute Gasteiger partial charge is 0.417 e. The summed E-state index contributed by atoms with van der Waals surface area (Å²) >= 11 is 5.62. The molecule has 2 saturated heterocycles. The molecule has 0 radical (unpaired) electrons. The minimum absolute atomic E-state index is 0.0130. The Morgan fingerprint density at radius 3 is 2.38 bits per heavy atom. The summed E-state index contributed by atoms with van der Waals surface area (Å²) < 4.78 is 44.3. The lowest BCUT2D eigenvalue weighted by atomic mass is 10.0. The molecule has 0 aliphatic carbocycles. The van der Waals surface area contributed by atoms with Crippen LogP contribution in [0.1, 0.15) is 31.2 Å². The molecule has 3 rings (SSSR count). The van der Waals surface area contributed by atoms with Crippen LogP contribution in [0, 0.1) is 0 Å². The van der Waals surface area contributed by atoms with Gasteiger partial charge in [0.2, 0.25) is 0 Å². The first-order valence-corrected chi connectivity index (χ1v) is 7.47. The zero-order valence-electron chi connectivity index (χ0n) is 11.7. The lowest BCUT2D eigenvalue weighted by Crippen LogP contribution is -2.43. The van der Waals surface area contributed by atoms with Gasteiger partial charge < -0.3 is 9.64 Å². The number of halogens is 4. The van der Waals surface area contributed by atoms with Crippen LogP contribution < -0.4 is 4.74 Å². The van der Waals surface area contributed by atoms with Gasteiger partial charge in [-0.2, -0.15) is 13.2 Å². The maximum absolute atomic E-state index is 12.8. The molecule has 2 nitrogen and oxygen atoms in total. The SMILES string of the molecule is CN1C2CCC1CC(Oc1ccc(Cl)c(C(F)(F)F)c1)C2. The molecule has 1 aromatic rings. The van der Waals surface area contributed by atoms with Gasteiger partial charge in [-0.05, 0) is 50.9 Å². The molecule has 2 heterocycles. The Morgan fingerprint density at radius 1 is 1.19 bits per heavy atom. The maximum Gasteiger partial charge on any atom is 0.417 e. The van der Waals surface area contributed by atoms with Crippen LogP contribution in [0.4, 0.5) is 13.2 Å². The number of nitrogens with zero attached hydrogens (tertiary/aromatic N) is 1. The van der Waals surface area contributed by atoms with Gasteiger partial charge in [0.05, 0.1) is 10.6 Å². The fraction of sp³-hybridized carbons (Fsp3) is 0.600. The quantitative estimate of drug-likeness (QED) is 0.803. The van der Waals surface area contributed by atoms with E-state index in [4.69, 9.17) is 16.3 Å². The Labute approximate surface area is 126 Å². The molecule has 0 N–H and O–H groups in total. The summed E-state index contributed by atoms with van der Waals surface area (Å²) in [5.41, 5.74) is -0.836. The molecular weight excluding hydrogens is 303 g/mol. The van der Waals surface area contributed by atoms with E-state index in [1.807, 2.05) is 0 Å². The van der Waals surface area contributed by atoms with Gasteiger partial charge in [-0.15, -0.1) is 0 Å². The molecule has 6 heteroatoms. The third kappa shape index (κ3) is 2.99. The summed E-state index contributed by atoms with van der Waals surface area (Å²) in [6.45, 7) is 0. The van der Waals surface area contributed by atoms with E-state index in [-0.39, 0.29) is 16.9 Å². The van der Waals surface area contributed by atoms with Gasteiger partial charge in [0.25, 0.3) is 0 Å². The summed E-state index contributed by atoms with van der Waals surface area (Å²) in [4.78, 5) is 2.36. The average Bonchev–Trinajstić information content (AvgIpc) is 2.62. The second-order valence-corrected chi connectivity index (χ2v) is 6.31. The predicted octanol–water partition coefficient (Wildman–Crippen LogP) is 4.36. The number of ether oxygens (including phenoxy) is 1. The molecule has 1 aromatic carbocycles. The van der Waals surface area contributed by atoms with Crippen LogP contribution in [0.2, 0.25) is 5.02 Å². The lowest BCUT2D eigenvalue weighted by Gasteiger charge is -2.36. The monoisotopic (exact) mass is 319 g/mol. The molecule has 0 amide bonds. The van der Waals surface area contributed by atoms with E-state index in [1.54, 1.807) is 0 Å². The number of hydrogen-bond acceptors (Lipinski definition) is 2. The summed E-state index contributed by atoms with van der Waals surface area (Å²) in [7, 11) is 2.11. The highest BCUT2D eigenvalue weighted by Gasteiger charge is 2.39. The minimum atomic E-state index is -4.46. The van der Waals surface area contributed by atoms with Crippen molar-refractivity contribution < 1.29 is 17.9 Å². The molecule has 0 aromatic heterocycles. The second-order valence-electron chi connectivity index (χ2n) is 5.90. The van der Waals surface area contributed by atoms with Crippen molar-refractivity contribution in [3.05, 3.63) is 28.8 Å². The summed E-state index contributed by atoms with van der Waals surface area (Å²) in [6.07, 6.45) is -0.429. The fourth-order valence-corrected chi connectivity index (χ4v) is 3.67. The highest BCUT2D eigenvalue weighted by molar-refractivity contribution is 6.31. The van der Waals surface area contributed by atoms with Crippen LogP contribution in [0.5, 0.6) is 5.75 Å². The maximum atomic E-state index is 12.8. The fourth-order valence-electron chi connectivity index (χ4n) is 3.45. The molecule has 2 aliphatic heterocycles. The molecule has 2 fully saturated rings. The van der Waals surface area contributed by atoms with E-state index in [0.29, 0.717) is 12.1 Å². The number of alkyl halides is 3. The molecular formula is C15H17ClF3NO. The van der Waals surface area contributed by atoms with Crippen molar-refractivity contribution >= 4 is 11.6 Å². The van der Waals surface area contributed by atoms with Gasteiger partial charge in [-0.1, -0.05) is 11.6 Å². The molecule has 2 bridgehead atoms. The van der Waals surface area contributed by atoms with Gasteiger partial charge in [-0.25, -0.2) is 0 Å². The molecule has 2 atom stereocenters. The molecule has 116 valence electrons. The van der Waals surface area contributed by atoms with Crippen LogP contribution in [-0.4, -0.2) is 30.1 Å². The Bertz CT molecular complexity index is 520. The number of piperidine rings is 1. The first-order valence-electron chi connectivity index (χ1n) is 7.10. The van der Waals surface area contributed by atoms with E-state index < -0.39 is 11.7 Å². The van der Waals surface area contributed by atoms with Crippen molar-refractivity contribution in [3.63, 3.8) is 0 Å². The van der Waals surface area contributed by atoms with Gasteiger partial charge in [0.1, 0.15) is 11.9 Å². The number of fused-ring (bicyclic) bond motifs is 2. The molecule has 2 aliphatic rings. The number of rotatable bonds is 2. The molecule has 2 unspecified atom stereocenters. The van der Waals surface area contributed by atoms with Crippen LogP contribution in [0.3, 0.4) is 0 Å². The number of hydrogen-bond donors (Lipinski definition) is 0. The first kappa shape index (κ1) is 15.0. The van der Waals surface area contributed by atoms with Crippen molar-refractivity contribution in [1.29, 1.82) is 0 Å². The predicted molar refractivity (Wildman–Crippen MR) is 74.7 cm³/mol. The Morgan fingerprint density at radius 2 is 1.81 bits per heavy atom. The lowest BCUT2D eigenvalue weighted by molar-refractivity contribution is -0.137. The largest absolute Gasteiger partial charge is 0.490 e. The molecule has 0 spiro atoms. The summed E-state index contributed by atoms with van der Waals surface area (Å²) in [6, 6.07) is 4.75. The topological polar surface area (TPSA) is 12.5 Å². The van der Waals surface area contributed by atoms with Crippen molar-refractivity contribution in [2.24, 2.45) is 0 Å². The summed E-state index contributed by atoms with van der Waals surface area (Å²) in [5.74, 6) is 0.251. The third-order valence-electron chi connectivity index (χ3n) is 4.60. The average molecular weight is 320 g/mol. The first-order chi connectivity index (χ1) is 9.84. The van der Waals surface area contributed by atoms with Gasteiger partial charge in [0, 0.05) is 12.1 Å². The van der Waals surface area contributed by atoms with Gasteiger partial charge in [0.15, 0.2) is 0 Å². The molecule has 21 heavy (non-hydrogen) atoms. The van der Waals surface area contributed by atoms with Crippen LogP contribution in [0.25, 0.3) is 0 Å². The van der Waals surface area contributed by atoms with E-state index in [2.05, 4.69) is 11.9 Å². The molecule has 0 saturated carbocycles. The standard InChI is InChI=1S/C15H17ClF3NO/c1-20-9-2-3-10(20)7-12(6-9)21-11-4-5-14(16)13(8-11)15(17,18)19/h4-5,8-10,12H,2-3,6-7H2,1H3. The summed E-state index contributed by atoms with van der Waals surface area (Å²) in [5, 5.41) is -0.293. The van der Waals surface area contributed by atoms with E-state index in [9.17, 15) is 13.2 Å². The Kier molecular flexibility index (Phi) is 3.82. The Balaban J connectivity index is 1.74. The van der Waals surface area contributed by atoms with E-state index in [1.165, 1.54) is 12.1 Å². The second kappa shape index (κ2) is 5.36. The van der Waals surface area contributed by atoms with Crippen molar-refractivity contribution in [2.75, 3.05) is 7.05 Å². The highest BCUT2D eigenvalue weighted by Crippen LogP contribution is 2.39. The van der Waals surface area contributed by atoms with Gasteiger partial charge in [-0.3, -0.25) is 0 Å². The zero-order chi connectivity index (χ0) is 15.2.